The lowest BCUT2D eigenvalue weighted by atomic mass is 10.2. The Hall–Kier alpha value is -3.10. The van der Waals surface area contributed by atoms with Gasteiger partial charge in [-0.3, -0.25) is 4.79 Å². The number of alkyl halides is 3. The number of hydrogen-bond donors (Lipinski definition) is 1. The van der Waals surface area contributed by atoms with E-state index in [1.165, 1.54) is 12.1 Å². The molecule has 0 saturated heterocycles. The molecule has 2 heterocycles. The van der Waals surface area contributed by atoms with Gasteiger partial charge in [0.25, 0.3) is 5.91 Å². The van der Waals surface area contributed by atoms with Gasteiger partial charge >= 0.3 is 6.18 Å². The van der Waals surface area contributed by atoms with Crippen LogP contribution < -0.4 is 10.1 Å². The number of anilines is 1. The van der Waals surface area contributed by atoms with Crippen LogP contribution in [0, 0.1) is 6.92 Å². The molecule has 1 N–H and O–H groups in total. The molecular formula is C16H12F3N3O3. The first-order chi connectivity index (χ1) is 11.8. The third-order valence-corrected chi connectivity index (χ3v) is 3.13. The molecule has 0 aliphatic heterocycles. The zero-order valence-corrected chi connectivity index (χ0v) is 12.9. The zero-order chi connectivity index (χ0) is 18.0. The monoisotopic (exact) mass is 351 g/mol. The second-order valence-electron chi connectivity index (χ2n) is 5.16. The van der Waals surface area contributed by atoms with Crippen molar-refractivity contribution in [1.29, 1.82) is 0 Å². The van der Waals surface area contributed by atoms with E-state index in [4.69, 9.17) is 4.42 Å². The Morgan fingerprint density at radius 3 is 2.76 bits per heavy atom. The molecule has 2 aromatic heterocycles. The van der Waals surface area contributed by atoms with Crippen molar-refractivity contribution < 1.29 is 27.1 Å². The highest BCUT2D eigenvalue weighted by Crippen LogP contribution is 2.21. The largest absolute Gasteiger partial charge is 0.468 e. The first-order valence-corrected chi connectivity index (χ1v) is 7.14. The van der Waals surface area contributed by atoms with Gasteiger partial charge in [-0.25, -0.2) is 9.97 Å². The minimum Gasteiger partial charge on any atom is -0.468 e. The van der Waals surface area contributed by atoms with Gasteiger partial charge in [-0.15, -0.1) is 0 Å². The van der Waals surface area contributed by atoms with Gasteiger partial charge in [-0.05, 0) is 24.3 Å². The molecule has 6 nitrogen and oxygen atoms in total. The molecule has 1 amide bonds. The van der Waals surface area contributed by atoms with E-state index in [-0.39, 0.29) is 11.4 Å². The molecule has 0 aliphatic rings. The summed E-state index contributed by atoms with van der Waals surface area (Å²) in [6, 6.07) is 7.51. The van der Waals surface area contributed by atoms with E-state index in [0.717, 1.165) is 6.20 Å². The fourth-order valence-electron chi connectivity index (χ4n) is 2.08. The summed E-state index contributed by atoms with van der Waals surface area (Å²) in [5.41, 5.74) is 1.88. The molecule has 1 aromatic carbocycles. The van der Waals surface area contributed by atoms with E-state index < -0.39 is 18.7 Å². The topological polar surface area (TPSA) is 77.2 Å². The van der Waals surface area contributed by atoms with E-state index in [9.17, 15) is 18.0 Å². The molecule has 3 aromatic rings. The Kier molecular flexibility index (Phi) is 4.30. The zero-order valence-electron chi connectivity index (χ0n) is 12.9. The maximum atomic E-state index is 12.2. The van der Waals surface area contributed by atoms with Crippen LogP contribution in [-0.2, 0) is 0 Å². The number of halogens is 3. The Morgan fingerprint density at radius 1 is 1.28 bits per heavy atom. The molecule has 0 aliphatic carbocycles. The molecule has 9 heteroatoms. The molecule has 0 saturated carbocycles. The van der Waals surface area contributed by atoms with E-state index >= 15 is 0 Å². The number of ether oxygens (including phenoxy) is 1. The Labute approximate surface area is 139 Å². The lowest BCUT2D eigenvalue weighted by Gasteiger charge is -2.09. The first kappa shape index (κ1) is 16.7. The SMILES string of the molecule is Cc1nc2cc(NC(=O)c3ccc(OCC(F)(F)F)nc3)ccc2o1. The van der Waals surface area contributed by atoms with Crippen molar-refractivity contribution in [1.82, 2.24) is 9.97 Å². The van der Waals surface area contributed by atoms with Gasteiger partial charge in [-0.2, -0.15) is 13.2 Å². The third kappa shape index (κ3) is 4.25. The molecule has 0 spiro atoms. The summed E-state index contributed by atoms with van der Waals surface area (Å²) >= 11 is 0. The summed E-state index contributed by atoms with van der Waals surface area (Å²) in [4.78, 5) is 20.0. The number of amides is 1. The van der Waals surface area contributed by atoms with Gasteiger partial charge in [0.2, 0.25) is 5.88 Å². The van der Waals surface area contributed by atoms with E-state index in [1.807, 2.05) is 0 Å². The van der Waals surface area contributed by atoms with Gasteiger partial charge in [0, 0.05) is 24.9 Å². The number of nitrogens with zero attached hydrogens (tertiary/aromatic N) is 2. The van der Waals surface area contributed by atoms with Crippen LogP contribution in [0.25, 0.3) is 11.1 Å². The number of pyridine rings is 1. The van der Waals surface area contributed by atoms with E-state index in [1.54, 1.807) is 25.1 Å². The van der Waals surface area contributed by atoms with Crippen molar-refractivity contribution in [2.75, 3.05) is 11.9 Å². The van der Waals surface area contributed by atoms with Gasteiger partial charge < -0.3 is 14.5 Å². The molecule has 0 atom stereocenters. The summed E-state index contributed by atoms with van der Waals surface area (Å²) in [6.07, 6.45) is -3.31. The summed E-state index contributed by atoms with van der Waals surface area (Å²) in [7, 11) is 0. The Morgan fingerprint density at radius 2 is 2.08 bits per heavy atom. The van der Waals surface area contributed by atoms with E-state index in [0.29, 0.717) is 22.7 Å². The molecule has 25 heavy (non-hydrogen) atoms. The van der Waals surface area contributed by atoms with Crippen molar-refractivity contribution in [3.05, 3.63) is 48.0 Å². The van der Waals surface area contributed by atoms with Crippen LogP contribution >= 0.6 is 0 Å². The number of carbonyl (C=O) groups is 1. The Balaban J connectivity index is 1.67. The first-order valence-electron chi connectivity index (χ1n) is 7.14. The number of fused-ring (bicyclic) bond motifs is 1. The number of carbonyl (C=O) groups excluding carboxylic acids is 1. The molecule has 0 unspecified atom stereocenters. The second kappa shape index (κ2) is 6.42. The predicted molar refractivity (Wildman–Crippen MR) is 82.5 cm³/mol. The lowest BCUT2D eigenvalue weighted by Crippen LogP contribution is -2.19. The minimum atomic E-state index is -4.45. The Bertz CT molecular complexity index is 904. The number of hydrogen-bond acceptors (Lipinski definition) is 5. The maximum absolute atomic E-state index is 12.2. The van der Waals surface area contributed by atoms with Crippen LogP contribution in [-0.4, -0.2) is 28.7 Å². The fourth-order valence-corrected chi connectivity index (χ4v) is 2.08. The van der Waals surface area contributed by atoms with Gasteiger partial charge in [0.15, 0.2) is 18.1 Å². The highest BCUT2D eigenvalue weighted by molar-refractivity contribution is 6.04. The third-order valence-electron chi connectivity index (χ3n) is 3.13. The number of rotatable bonds is 4. The van der Waals surface area contributed by atoms with E-state index in [2.05, 4.69) is 20.0 Å². The molecule has 130 valence electrons. The van der Waals surface area contributed by atoms with Crippen LogP contribution in [0.3, 0.4) is 0 Å². The summed E-state index contributed by atoms with van der Waals surface area (Å²) in [5.74, 6) is -0.167. The smallest absolute Gasteiger partial charge is 0.422 e. The second-order valence-corrected chi connectivity index (χ2v) is 5.16. The summed E-state index contributed by atoms with van der Waals surface area (Å²) < 4.78 is 46.1. The average molecular weight is 351 g/mol. The molecule has 0 fully saturated rings. The molecule has 0 bridgehead atoms. The minimum absolute atomic E-state index is 0.177. The average Bonchev–Trinajstić information content (AvgIpc) is 2.92. The van der Waals surface area contributed by atoms with Crippen molar-refractivity contribution >= 4 is 22.7 Å². The lowest BCUT2D eigenvalue weighted by molar-refractivity contribution is -0.154. The van der Waals surface area contributed by atoms with Gasteiger partial charge in [0.1, 0.15) is 5.52 Å². The highest BCUT2D eigenvalue weighted by atomic mass is 19.4. The van der Waals surface area contributed by atoms with Crippen LogP contribution in [0.2, 0.25) is 0 Å². The van der Waals surface area contributed by atoms with Crippen LogP contribution in [0.15, 0.2) is 40.9 Å². The van der Waals surface area contributed by atoms with Crippen LogP contribution in [0.4, 0.5) is 18.9 Å². The number of nitrogens with one attached hydrogen (secondary N) is 1. The summed E-state index contributed by atoms with van der Waals surface area (Å²) in [6.45, 7) is 0.273. The summed E-state index contributed by atoms with van der Waals surface area (Å²) in [5, 5.41) is 2.65. The molecule has 0 radical (unpaired) electrons. The predicted octanol–water partition coefficient (Wildman–Crippen LogP) is 3.72. The van der Waals surface area contributed by atoms with Crippen LogP contribution in [0.1, 0.15) is 16.2 Å². The number of oxazole rings is 1. The normalized spacial score (nSPS) is 11.5. The molecular weight excluding hydrogens is 339 g/mol. The van der Waals surface area contributed by atoms with Crippen molar-refractivity contribution in [2.24, 2.45) is 0 Å². The molecule has 3 rings (SSSR count). The number of benzene rings is 1. The standard InChI is InChI=1S/C16H12F3N3O3/c1-9-21-12-6-11(3-4-13(12)25-9)22-15(23)10-2-5-14(20-7-10)24-8-16(17,18)19/h2-7H,8H2,1H3,(H,22,23). The van der Waals surface area contributed by atoms with Crippen molar-refractivity contribution in [2.45, 2.75) is 13.1 Å². The van der Waals surface area contributed by atoms with Crippen molar-refractivity contribution in [3.63, 3.8) is 0 Å². The van der Waals surface area contributed by atoms with Crippen LogP contribution in [0.5, 0.6) is 5.88 Å². The fraction of sp³-hybridized carbons (Fsp3) is 0.188. The van der Waals surface area contributed by atoms with Crippen molar-refractivity contribution in [3.8, 4) is 5.88 Å². The highest BCUT2D eigenvalue weighted by Gasteiger charge is 2.28. The number of aromatic nitrogens is 2. The van der Waals surface area contributed by atoms with Gasteiger partial charge in [-0.1, -0.05) is 0 Å². The quantitative estimate of drug-likeness (QED) is 0.775. The maximum Gasteiger partial charge on any atom is 0.422 e. The van der Waals surface area contributed by atoms with Gasteiger partial charge in [0.05, 0.1) is 5.56 Å². The number of aryl methyl sites for hydroxylation is 1.